The maximum absolute atomic E-state index is 5.27. The van der Waals surface area contributed by atoms with Crippen LogP contribution in [0.4, 0.5) is 5.82 Å². The number of piperidine rings is 1. The van der Waals surface area contributed by atoms with E-state index in [2.05, 4.69) is 25.2 Å². The Balaban J connectivity index is 1.47. The average molecular weight is 259 g/mol. The molecule has 0 bridgehead atoms. The minimum atomic E-state index is 0.482. The number of likely N-dealkylation sites (tertiary alicyclic amines) is 1. The van der Waals surface area contributed by atoms with Crippen LogP contribution in [-0.2, 0) is 6.54 Å². The summed E-state index contributed by atoms with van der Waals surface area (Å²) < 4.78 is 5.27. The summed E-state index contributed by atoms with van der Waals surface area (Å²) in [4.78, 5) is 14.6. The summed E-state index contributed by atoms with van der Waals surface area (Å²) in [5.74, 6) is 1.70. The van der Waals surface area contributed by atoms with Crippen LogP contribution in [0.5, 0.6) is 0 Å². The van der Waals surface area contributed by atoms with Crippen LogP contribution >= 0.6 is 0 Å². The third-order valence-electron chi connectivity index (χ3n) is 3.36. The Bertz CT molecular complexity index is 479. The smallest absolute Gasteiger partial charge is 0.208 e. The van der Waals surface area contributed by atoms with Gasteiger partial charge in [0.1, 0.15) is 18.4 Å². The van der Waals surface area contributed by atoms with E-state index >= 15 is 0 Å². The third-order valence-corrected chi connectivity index (χ3v) is 3.36. The van der Waals surface area contributed by atoms with Crippen molar-refractivity contribution < 1.29 is 4.42 Å². The molecule has 1 aliphatic heterocycles. The zero-order chi connectivity index (χ0) is 12.9. The number of oxazole rings is 1. The van der Waals surface area contributed by atoms with Gasteiger partial charge in [0.2, 0.25) is 5.89 Å². The van der Waals surface area contributed by atoms with Gasteiger partial charge in [-0.3, -0.25) is 4.90 Å². The summed E-state index contributed by atoms with van der Waals surface area (Å²) in [6.07, 6.45) is 8.85. The van der Waals surface area contributed by atoms with Crippen LogP contribution in [0.1, 0.15) is 18.7 Å². The predicted molar refractivity (Wildman–Crippen MR) is 70.5 cm³/mol. The van der Waals surface area contributed by atoms with E-state index in [1.54, 1.807) is 25.0 Å². The molecule has 19 heavy (non-hydrogen) atoms. The average Bonchev–Trinajstić information content (AvgIpc) is 2.95. The van der Waals surface area contributed by atoms with Gasteiger partial charge in [-0.2, -0.15) is 0 Å². The molecule has 3 heterocycles. The molecule has 0 atom stereocenters. The van der Waals surface area contributed by atoms with Crippen molar-refractivity contribution in [1.82, 2.24) is 19.9 Å². The van der Waals surface area contributed by atoms with Crippen LogP contribution in [0, 0.1) is 0 Å². The lowest BCUT2D eigenvalue weighted by atomic mass is 10.1. The molecule has 6 heteroatoms. The van der Waals surface area contributed by atoms with E-state index in [9.17, 15) is 0 Å². The first-order valence-electron chi connectivity index (χ1n) is 6.53. The number of nitrogens with zero attached hydrogens (tertiary/aromatic N) is 4. The van der Waals surface area contributed by atoms with Crippen LogP contribution in [0.3, 0.4) is 0 Å². The quantitative estimate of drug-likeness (QED) is 0.898. The molecule has 3 rings (SSSR count). The van der Waals surface area contributed by atoms with Gasteiger partial charge in [-0.05, 0) is 18.9 Å². The number of hydrogen-bond acceptors (Lipinski definition) is 6. The molecule has 6 nitrogen and oxygen atoms in total. The Hall–Kier alpha value is -1.95. The minimum absolute atomic E-state index is 0.482. The molecule has 1 N–H and O–H groups in total. The largest absolute Gasteiger partial charge is 0.448 e. The second-order valence-electron chi connectivity index (χ2n) is 4.72. The van der Waals surface area contributed by atoms with Crippen LogP contribution in [-0.4, -0.2) is 39.0 Å². The Morgan fingerprint density at radius 2 is 2.16 bits per heavy atom. The van der Waals surface area contributed by atoms with Gasteiger partial charge in [0.15, 0.2) is 0 Å². The summed E-state index contributed by atoms with van der Waals surface area (Å²) in [5, 5.41) is 3.44. The highest BCUT2D eigenvalue weighted by molar-refractivity contribution is 5.33. The van der Waals surface area contributed by atoms with E-state index in [0.717, 1.165) is 44.2 Å². The molecule has 1 aliphatic rings. The molecule has 0 aliphatic carbocycles. The summed E-state index contributed by atoms with van der Waals surface area (Å²) >= 11 is 0. The third kappa shape index (κ3) is 3.29. The van der Waals surface area contributed by atoms with Crippen molar-refractivity contribution in [3.05, 3.63) is 36.9 Å². The number of rotatable bonds is 4. The summed E-state index contributed by atoms with van der Waals surface area (Å²) in [6.45, 7) is 2.89. The molecule has 2 aromatic rings. The maximum atomic E-state index is 5.27. The molecule has 0 saturated carbocycles. The fraction of sp³-hybridized carbons (Fsp3) is 0.462. The Labute approximate surface area is 111 Å². The maximum Gasteiger partial charge on any atom is 0.208 e. The topological polar surface area (TPSA) is 67.1 Å². The monoisotopic (exact) mass is 259 g/mol. The highest BCUT2D eigenvalue weighted by Gasteiger charge is 2.20. The van der Waals surface area contributed by atoms with Gasteiger partial charge >= 0.3 is 0 Å². The summed E-state index contributed by atoms with van der Waals surface area (Å²) in [6, 6.07) is 2.38. The number of anilines is 1. The molecule has 0 aromatic carbocycles. The van der Waals surface area contributed by atoms with Crippen LogP contribution in [0.2, 0.25) is 0 Å². The first kappa shape index (κ1) is 12.1. The lowest BCUT2D eigenvalue weighted by Crippen LogP contribution is -2.38. The molecular weight excluding hydrogens is 242 g/mol. The van der Waals surface area contributed by atoms with Crippen LogP contribution in [0.15, 0.2) is 35.5 Å². The molecule has 100 valence electrons. The lowest BCUT2D eigenvalue weighted by molar-refractivity contribution is 0.193. The van der Waals surface area contributed by atoms with Gasteiger partial charge in [-0.1, -0.05) is 0 Å². The molecule has 0 radical (unpaired) electrons. The van der Waals surface area contributed by atoms with Crippen molar-refractivity contribution in [2.45, 2.75) is 25.4 Å². The van der Waals surface area contributed by atoms with Crippen molar-refractivity contribution in [3.8, 4) is 0 Å². The molecule has 0 unspecified atom stereocenters. The van der Waals surface area contributed by atoms with Crippen molar-refractivity contribution in [2.24, 2.45) is 0 Å². The minimum Gasteiger partial charge on any atom is -0.448 e. The highest BCUT2D eigenvalue weighted by Crippen LogP contribution is 2.16. The first-order chi connectivity index (χ1) is 9.40. The van der Waals surface area contributed by atoms with E-state index in [4.69, 9.17) is 4.42 Å². The molecule has 0 amide bonds. The van der Waals surface area contributed by atoms with Gasteiger partial charge in [0, 0.05) is 25.3 Å². The Morgan fingerprint density at radius 3 is 2.84 bits per heavy atom. The van der Waals surface area contributed by atoms with Crippen molar-refractivity contribution >= 4 is 5.82 Å². The Kier molecular flexibility index (Phi) is 3.69. The molecular formula is C13H17N5O. The van der Waals surface area contributed by atoms with Crippen molar-refractivity contribution in [3.63, 3.8) is 0 Å². The number of aromatic nitrogens is 3. The number of hydrogen-bond donors (Lipinski definition) is 1. The van der Waals surface area contributed by atoms with E-state index in [0.29, 0.717) is 6.04 Å². The fourth-order valence-corrected chi connectivity index (χ4v) is 2.34. The SMILES string of the molecule is c1cc(NC2CCN(Cc3ncco3)CC2)ncn1. The second kappa shape index (κ2) is 5.79. The predicted octanol–water partition coefficient (Wildman–Crippen LogP) is 1.54. The van der Waals surface area contributed by atoms with E-state index in [1.807, 2.05) is 6.07 Å². The normalized spacial score (nSPS) is 17.5. The molecule has 1 saturated heterocycles. The fourth-order valence-electron chi connectivity index (χ4n) is 2.34. The second-order valence-corrected chi connectivity index (χ2v) is 4.72. The van der Waals surface area contributed by atoms with Crippen LogP contribution in [0.25, 0.3) is 0 Å². The van der Waals surface area contributed by atoms with Gasteiger partial charge in [-0.15, -0.1) is 0 Å². The van der Waals surface area contributed by atoms with Gasteiger partial charge in [0.05, 0.1) is 12.7 Å². The van der Waals surface area contributed by atoms with Gasteiger partial charge < -0.3 is 9.73 Å². The van der Waals surface area contributed by atoms with Gasteiger partial charge in [-0.25, -0.2) is 15.0 Å². The van der Waals surface area contributed by atoms with E-state index in [1.165, 1.54) is 0 Å². The summed E-state index contributed by atoms with van der Waals surface area (Å²) in [7, 11) is 0. The Morgan fingerprint density at radius 1 is 1.26 bits per heavy atom. The van der Waals surface area contributed by atoms with Crippen molar-refractivity contribution in [2.75, 3.05) is 18.4 Å². The van der Waals surface area contributed by atoms with E-state index < -0.39 is 0 Å². The molecule has 2 aromatic heterocycles. The molecule has 0 spiro atoms. The first-order valence-corrected chi connectivity index (χ1v) is 6.53. The highest BCUT2D eigenvalue weighted by atomic mass is 16.3. The summed E-state index contributed by atoms with van der Waals surface area (Å²) in [5.41, 5.74) is 0. The van der Waals surface area contributed by atoms with Crippen LogP contribution < -0.4 is 5.32 Å². The van der Waals surface area contributed by atoms with E-state index in [-0.39, 0.29) is 0 Å². The zero-order valence-corrected chi connectivity index (χ0v) is 10.7. The van der Waals surface area contributed by atoms with Gasteiger partial charge in [0.25, 0.3) is 0 Å². The molecule has 1 fully saturated rings. The standard InChI is InChI=1S/C13H17N5O/c1-4-14-10-16-12(1)17-11-2-6-18(7-3-11)9-13-15-5-8-19-13/h1,4-5,8,10-11H,2-3,6-7,9H2,(H,14,16,17). The zero-order valence-electron chi connectivity index (χ0n) is 10.7. The lowest BCUT2D eigenvalue weighted by Gasteiger charge is -2.31. The van der Waals surface area contributed by atoms with Crippen molar-refractivity contribution in [1.29, 1.82) is 0 Å². The number of nitrogens with one attached hydrogen (secondary N) is 1.